The van der Waals surface area contributed by atoms with Crippen molar-refractivity contribution in [1.29, 1.82) is 0 Å². The van der Waals surface area contributed by atoms with Crippen LogP contribution >= 0.6 is 11.6 Å². The molecule has 0 amide bonds. The van der Waals surface area contributed by atoms with Gasteiger partial charge in [0.1, 0.15) is 0 Å². The van der Waals surface area contributed by atoms with Crippen LogP contribution in [0.15, 0.2) is 66.7 Å². The third-order valence-electron chi connectivity index (χ3n) is 4.53. The van der Waals surface area contributed by atoms with E-state index >= 15 is 0 Å². The molecule has 0 saturated carbocycles. The quantitative estimate of drug-likeness (QED) is 0.483. The molecule has 1 atom stereocenters. The normalized spacial score (nSPS) is 12.8. The van der Waals surface area contributed by atoms with Crippen molar-refractivity contribution < 1.29 is 0 Å². The van der Waals surface area contributed by atoms with Gasteiger partial charge in [-0.3, -0.25) is 0 Å². The van der Waals surface area contributed by atoms with Gasteiger partial charge in [-0.15, -0.1) is 0 Å². The molecule has 0 radical (unpaired) electrons. The summed E-state index contributed by atoms with van der Waals surface area (Å²) >= 11 is 6.06. The maximum atomic E-state index is 6.06. The molecule has 0 saturated heterocycles. The maximum absolute atomic E-state index is 6.06. The summed E-state index contributed by atoms with van der Waals surface area (Å²) in [4.78, 5) is 3.45. The molecule has 2 nitrogen and oxygen atoms in total. The SMILES string of the molecule is CC(NCc1cc2cc(Cl)ccc2[nH]1)c1cccc2ccccc12. The van der Waals surface area contributed by atoms with E-state index in [0.29, 0.717) is 0 Å². The van der Waals surface area contributed by atoms with Crippen LogP contribution in [0.4, 0.5) is 0 Å². The Morgan fingerprint density at radius 1 is 0.958 bits per heavy atom. The van der Waals surface area contributed by atoms with E-state index in [9.17, 15) is 0 Å². The lowest BCUT2D eigenvalue weighted by molar-refractivity contribution is 0.573. The second-order valence-electron chi connectivity index (χ2n) is 6.20. The topological polar surface area (TPSA) is 27.8 Å². The number of aromatic amines is 1. The molecule has 1 heterocycles. The molecule has 4 rings (SSSR count). The van der Waals surface area contributed by atoms with Crippen LogP contribution in [-0.4, -0.2) is 4.98 Å². The Hall–Kier alpha value is -2.29. The first-order valence-electron chi connectivity index (χ1n) is 8.19. The number of nitrogens with one attached hydrogen (secondary N) is 2. The number of halogens is 1. The van der Waals surface area contributed by atoms with Gasteiger partial charge in [-0.2, -0.15) is 0 Å². The Kier molecular flexibility index (Phi) is 4.01. The highest BCUT2D eigenvalue weighted by atomic mass is 35.5. The Bertz CT molecular complexity index is 998. The van der Waals surface area contributed by atoms with Gasteiger partial charge in [0.05, 0.1) is 0 Å². The smallest absolute Gasteiger partial charge is 0.0457 e. The molecule has 120 valence electrons. The van der Waals surface area contributed by atoms with Crippen LogP contribution in [0.5, 0.6) is 0 Å². The van der Waals surface area contributed by atoms with E-state index in [1.807, 2.05) is 18.2 Å². The molecule has 0 spiro atoms. The first kappa shape index (κ1) is 15.3. The van der Waals surface area contributed by atoms with Crippen LogP contribution in [0.3, 0.4) is 0 Å². The summed E-state index contributed by atoms with van der Waals surface area (Å²) in [6.45, 7) is 3.00. The first-order valence-corrected chi connectivity index (χ1v) is 8.57. The third-order valence-corrected chi connectivity index (χ3v) is 4.76. The van der Waals surface area contributed by atoms with Gasteiger partial charge in [0, 0.05) is 34.2 Å². The fourth-order valence-corrected chi connectivity index (χ4v) is 3.44. The lowest BCUT2D eigenvalue weighted by Gasteiger charge is -2.16. The Labute approximate surface area is 146 Å². The zero-order chi connectivity index (χ0) is 16.5. The Morgan fingerprint density at radius 3 is 2.71 bits per heavy atom. The highest BCUT2D eigenvalue weighted by Gasteiger charge is 2.09. The van der Waals surface area contributed by atoms with Crippen molar-refractivity contribution in [3.8, 4) is 0 Å². The number of aromatic nitrogens is 1. The lowest BCUT2D eigenvalue weighted by atomic mass is 10.00. The lowest BCUT2D eigenvalue weighted by Crippen LogP contribution is -2.18. The molecule has 0 aliphatic heterocycles. The Balaban J connectivity index is 1.55. The fourth-order valence-electron chi connectivity index (χ4n) is 3.26. The van der Waals surface area contributed by atoms with E-state index in [1.165, 1.54) is 22.0 Å². The van der Waals surface area contributed by atoms with E-state index in [1.54, 1.807) is 0 Å². The van der Waals surface area contributed by atoms with Crippen molar-refractivity contribution in [1.82, 2.24) is 10.3 Å². The summed E-state index contributed by atoms with van der Waals surface area (Å²) in [6.07, 6.45) is 0. The van der Waals surface area contributed by atoms with E-state index in [4.69, 9.17) is 11.6 Å². The number of benzene rings is 3. The van der Waals surface area contributed by atoms with Crippen molar-refractivity contribution in [2.24, 2.45) is 0 Å². The van der Waals surface area contributed by atoms with Crippen molar-refractivity contribution in [2.75, 3.05) is 0 Å². The molecule has 1 aromatic heterocycles. The van der Waals surface area contributed by atoms with E-state index in [-0.39, 0.29) is 6.04 Å². The van der Waals surface area contributed by atoms with Crippen molar-refractivity contribution in [2.45, 2.75) is 19.5 Å². The van der Waals surface area contributed by atoms with Crippen molar-refractivity contribution in [3.63, 3.8) is 0 Å². The van der Waals surface area contributed by atoms with Gasteiger partial charge in [-0.05, 0) is 47.5 Å². The molecule has 0 aliphatic carbocycles. The predicted octanol–water partition coefficient (Wildman–Crippen LogP) is 5.83. The second kappa shape index (κ2) is 6.31. The minimum Gasteiger partial charge on any atom is -0.357 e. The van der Waals surface area contributed by atoms with E-state index in [2.05, 4.69) is 65.8 Å². The van der Waals surface area contributed by atoms with Gasteiger partial charge in [0.15, 0.2) is 0 Å². The number of fused-ring (bicyclic) bond motifs is 2. The summed E-state index contributed by atoms with van der Waals surface area (Å²) < 4.78 is 0. The summed E-state index contributed by atoms with van der Waals surface area (Å²) in [5.41, 5.74) is 3.61. The molecule has 24 heavy (non-hydrogen) atoms. The number of hydrogen-bond donors (Lipinski definition) is 2. The highest BCUT2D eigenvalue weighted by molar-refractivity contribution is 6.31. The highest BCUT2D eigenvalue weighted by Crippen LogP contribution is 2.25. The molecule has 2 N–H and O–H groups in total. The van der Waals surface area contributed by atoms with Crippen molar-refractivity contribution in [3.05, 3.63) is 83.0 Å². The largest absolute Gasteiger partial charge is 0.357 e. The second-order valence-corrected chi connectivity index (χ2v) is 6.63. The van der Waals surface area contributed by atoms with Gasteiger partial charge in [0.2, 0.25) is 0 Å². The average Bonchev–Trinajstić information content (AvgIpc) is 3.01. The molecule has 0 fully saturated rings. The van der Waals surface area contributed by atoms with Crippen LogP contribution < -0.4 is 5.32 Å². The van der Waals surface area contributed by atoms with E-state index < -0.39 is 0 Å². The van der Waals surface area contributed by atoms with Crippen molar-refractivity contribution >= 4 is 33.3 Å². The minimum absolute atomic E-state index is 0.270. The van der Waals surface area contributed by atoms with Crippen LogP contribution in [0.2, 0.25) is 5.02 Å². The minimum atomic E-state index is 0.270. The molecule has 1 unspecified atom stereocenters. The number of hydrogen-bond acceptors (Lipinski definition) is 1. The van der Waals surface area contributed by atoms with Crippen LogP contribution in [0.25, 0.3) is 21.7 Å². The van der Waals surface area contributed by atoms with Gasteiger partial charge < -0.3 is 10.3 Å². The maximum Gasteiger partial charge on any atom is 0.0457 e. The fraction of sp³-hybridized carbons (Fsp3) is 0.143. The summed E-state index contributed by atoms with van der Waals surface area (Å²) in [6, 6.07) is 23.4. The standard InChI is InChI=1S/C21H19ClN2/c1-14(19-8-4-6-15-5-2-3-7-20(15)19)23-13-18-12-16-11-17(22)9-10-21(16)24-18/h2-12,14,23-24H,13H2,1H3. The number of rotatable bonds is 4. The van der Waals surface area contributed by atoms with Gasteiger partial charge in [-0.1, -0.05) is 54.1 Å². The van der Waals surface area contributed by atoms with Gasteiger partial charge in [0.25, 0.3) is 0 Å². The monoisotopic (exact) mass is 334 g/mol. The van der Waals surface area contributed by atoms with Crippen LogP contribution in [-0.2, 0) is 6.54 Å². The molecular formula is C21H19ClN2. The molecule has 3 aromatic carbocycles. The van der Waals surface area contributed by atoms with Gasteiger partial charge >= 0.3 is 0 Å². The molecule has 0 aliphatic rings. The Morgan fingerprint density at radius 2 is 1.79 bits per heavy atom. The van der Waals surface area contributed by atoms with Crippen LogP contribution in [0, 0.1) is 0 Å². The number of H-pyrrole nitrogens is 1. The summed E-state index contributed by atoms with van der Waals surface area (Å²) in [5.74, 6) is 0. The first-order chi connectivity index (χ1) is 11.7. The van der Waals surface area contributed by atoms with E-state index in [0.717, 1.165) is 22.5 Å². The average molecular weight is 335 g/mol. The predicted molar refractivity (Wildman–Crippen MR) is 103 cm³/mol. The molecular weight excluding hydrogens is 316 g/mol. The zero-order valence-electron chi connectivity index (χ0n) is 13.5. The third kappa shape index (κ3) is 2.91. The van der Waals surface area contributed by atoms with Crippen LogP contribution in [0.1, 0.15) is 24.2 Å². The summed E-state index contributed by atoms with van der Waals surface area (Å²) in [5, 5.41) is 8.13. The van der Waals surface area contributed by atoms with Gasteiger partial charge in [-0.25, -0.2) is 0 Å². The zero-order valence-corrected chi connectivity index (χ0v) is 14.3. The summed E-state index contributed by atoms with van der Waals surface area (Å²) in [7, 11) is 0. The molecule has 4 aromatic rings. The molecule has 0 bridgehead atoms. The molecule has 3 heteroatoms.